The summed E-state index contributed by atoms with van der Waals surface area (Å²) in [6.45, 7) is 0. The first-order valence-electron chi connectivity index (χ1n) is 2.97. The summed E-state index contributed by atoms with van der Waals surface area (Å²) in [7, 11) is -3.52. The smallest absolute Gasteiger partial charge is 0.343 e. The molecule has 0 N–H and O–H groups in total. The van der Waals surface area contributed by atoms with Crippen LogP contribution in [0, 0.1) is 0 Å². The summed E-state index contributed by atoms with van der Waals surface area (Å²) in [5.41, 5.74) is 0.895. The van der Waals surface area contributed by atoms with Gasteiger partial charge in [0.15, 0.2) is 16.2 Å². The fraction of sp³-hybridized carbons (Fsp3) is 0. The van der Waals surface area contributed by atoms with E-state index >= 15 is 0 Å². The first-order chi connectivity index (χ1) is 5.17. The van der Waals surface area contributed by atoms with Crippen molar-refractivity contribution in [3.63, 3.8) is 0 Å². The van der Waals surface area contributed by atoms with Crippen molar-refractivity contribution in [3.05, 3.63) is 12.1 Å². The summed E-state index contributed by atoms with van der Waals surface area (Å²) in [5.74, 6) is 0.317. The topological polar surface area (TPSA) is 56.5 Å². The van der Waals surface area contributed by atoms with Crippen molar-refractivity contribution in [2.45, 2.75) is 4.90 Å². The van der Waals surface area contributed by atoms with Crippen LogP contribution < -0.4 is 4.18 Å². The Morgan fingerprint density at radius 3 is 2.64 bits per heavy atom. The van der Waals surface area contributed by atoms with Gasteiger partial charge in [-0.3, -0.25) is 0 Å². The van der Waals surface area contributed by atoms with Crippen LogP contribution in [0.25, 0.3) is 11.2 Å². The lowest BCUT2D eigenvalue weighted by atomic mass is 10.3. The molecule has 0 atom stereocenters. The largest absolute Gasteiger partial charge is 0.452 e. The predicted octanol–water partition coefficient (Wildman–Crippen LogP) is 0.952. The fourth-order valence-electron chi connectivity index (χ4n) is 1.24. The molecule has 2 aromatic heterocycles. The van der Waals surface area contributed by atoms with Crippen LogP contribution in [0.15, 0.2) is 21.4 Å². The standard InChI is InChI=1S/C6H2O4S/c7-11(8)5-2-3-1-4(10-11)6(5)9-3/h1-2H. The summed E-state index contributed by atoms with van der Waals surface area (Å²) in [5, 5.41) is 0. The lowest BCUT2D eigenvalue weighted by Crippen LogP contribution is -2.01. The van der Waals surface area contributed by atoms with Gasteiger partial charge in [0.2, 0.25) is 0 Å². The van der Waals surface area contributed by atoms with Crippen LogP contribution in [0.4, 0.5) is 0 Å². The maximum atomic E-state index is 11.0. The van der Waals surface area contributed by atoms with Crippen molar-refractivity contribution < 1.29 is 17.0 Å². The average Bonchev–Trinajstić information content (AvgIpc) is 2.44. The van der Waals surface area contributed by atoms with Crippen molar-refractivity contribution in [2.75, 3.05) is 0 Å². The van der Waals surface area contributed by atoms with Gasteiger partial charge in [0.25, 0.3) is 0 Å². The molecule has 2 bridgehead atoms. The van der Waals surface area contributed by atoms with Crippen LogP contribution in [-0.2, 0) is 10.1 Å². The summed E-state index contributed by atoms with van der Waals surface area (Å²) in [6.07, 6.45) is 0. The number of hydrogen-bond acceptors (Lipinski definition) is 4. The van der Waals surface area contributed by atoms with Gasteiger partial charge in [0, 0.05) is 12.1 Å². The second-order valence-electron chi connectivity index (χ2n) is 2.39. The van der Waals surface area contributed by atoms with Gasteiger partial charge in [-0.1, -0.05) is 0 Å². The molecule has 0 aliphatic carbocycles. The lowest BCUT2D eigenvalue weighted by molar-refractivity contribution is 0.499. The minimum atomic E-state index is -3.52. The number of rotatable bonds is 0. The number of benzene rings is 1. The molecule has 4 nitrogen and oxygen atoms in total. The van der Waals surface area contributed by atoms with E-state index in [0.29, 0.717) is 16.9 Å². The molecule has 0 saturated carbocycles. The molecule has 5 heteroatoms. The molecule has 0 unspecified atom stereocenters. The number of hydrogen-bond donors (Lipinski definition) is 0. The Morgan fingerprint density at radius 2 is 2.09 bits per heavy atom. The van der Waals surface area contributed by atoms with E-state index in [9.17, 15) is 8.42 Å². The van der Waals surface area contributed by atoms with Crippen molar-refractivity contribution in [2.24, 2.45) is 0 Å². The third kappa shape index (κ3) is 0.454. The highest BCUT2D eigenvalue weighted by Crippen LogP contribution is 2.42. The van der Waals surface area contributed by atoms with Crippen molar-refractivity contribution in [1.82, 2.24) is 0 Å². The summed E-state index contributed by atoms with van der Waals surface area (Å²) < 4.78 is 31.7. The van der Waals surface area contributed by atoms with Gasteiger partial charge in [-0.05, 0) is 0 Å². The molecule has 0 aromatic carbocycles. The normalized spacial score (nSPS) is 19.3. The minimum absolute atomic E-state index is 0.157. The SMILES string of the molecule is O=S1(=O)Oc2cc3cc1c2o3. The monoisotopic (exact) mass is 170 g/mol. The van der Waals surface area contributed by atoms with Gasteiger partial charge < -0.3 is 8.60 Å². The first-order valence-corrected chi connectivity index (χ1v) is 4.38. The predicted molar refractivity (Wildman–Crippen MR) is 35.2 cm³/mol. The molecule has 0 saturated heterocycles. The Bertz CT molecular complexity index is 521. The highest BCUT2D eigenvalue weighted by molar-refractivity contribution is 7.87. The van der Waals surface area contributed by atoms with Gasteiger partial charge in [0.05, 0.1) is 0 Å². The third-order valence-corrected chi connectivity index (χ3v) is 2.92. The van der Waals surface area contributed by atoms with Crippen LogP contribution in [0.1, 0.15) is 0 Å². The Hall–Kier alpha value is -1.23. The molecule has 0 radical (unpaired) electrons. The van der Waals surface area contributed by atoms with Crippen LogP contribution >= 0.6 is 0 Å². The second kappa shape index (κ2) is 1.23. The summed E-state index contributed by atoms with van der Waals surface area (Å²) in [6, 6.07) is 3.02. The Kier molecular flexibility index (Phi) is 0.605. The molecular formula is C6H2O4S. The first kappa shape index (κ1) is 5.42. The zero-order chi connectivity index (χ0) is 7.64. The van der Waals surface area contributed by atoms with Gasteiger partial charge in [-0.25, -0.2) is 0 Å². The van der Waals surface area contributed by atoms with E-state index in [1.54, 1.807) is 6.07 Å². The van der Waals surface area contributed by atoms with Gasteiger partial charge in [-0.15, -0.1) is 0 Å². The van der Waals surface area contributed by atoms with Gasteiger partial charge in [0.1, 0.15) is 5.58 Å². The molecular weight excluding hydrogens is 168 g/mol. The molecule has 0 fully saturated rings. The molecule has 0 spiro atoms. The maximum Gasteiger partial charge on any atom is 0.343 e. The molecule has 0 amide bonds. The minimum Gasteiger partial charge on any atom is -0.452 e. The fourth-order valence-corrected chi connectivity index (χ4v) is 2.32. The van der Waals surface area contributed by atoms with Crippen molar-refractivity contribution in [1.29, 1.82) is 0 Å². The molecule has 1 aliphatic heterocycles. The Morgan fingerprint density at radius 1 is 1.27 bits per heavy atom. The van der Waals surface area contributed by atoms with Gasteiger partial charge >= 0.3 is 10.1 Å². The van der Waals surface area contributed by atoms with E-state index in [-0.39, 0.29) is 4.90 Å². The zero-order valence-corrected chi connectivity index (χ0v) is 6.01. The van der Waals surface area contributed by atoms with Crippen LogP contribution in [0.2, 0.25) is 0 Å². The van der Waals surface area contributed by atoms with Crippen LogP contribution in [0.5, 0.6) is 5.75 Å². The average molecular weight is 170 g/mol. The van der Waals surface area contributed by atoms with Crippen molar-refractivity contribution in [3.8, 4) is 5.75 Å². The zero-order valence-electron chi connectivity index (χ0n) is 5.20. The van der Waals surface area contributed by atoms with E-state index in [4.69, 9.17) is 4.42 Å². The quantitative estimate of drug-likeness (QED) is 0.552. The van der Waals surface area contributed by atoms with E-state index in [1.165, 1.54) is 6.07 Å². The molecule has 2 aromatic rings. The second-order valence-corrected chi connectivity index (χ2v) is 3.90. The molecule has 1 aliphatic rings. The molecule has 11 heavy (non-hydrogen) atoms. The molecule has 3 heterocycles. The van der Waals surface area contributed by atoms with Crippen molar-refractivity contribution >= 4 is 21.3 Å². The Balaban J connectivity index is 2.67. The summed E-state index contributed by atoms with van der Waals surface area (Å²) >= 11 is 0. The van der Waals surface area contributed by atoms with E-state index in [2.05, 4.69) is 4.18 Å². The maximum absolute atomic E-state index is 11.0. The van der Waals surface area contributed by atoms with E-state index in [1.807, 2.05) is 0 Å². The lowest BCUT2D eigenvalue weighted by Gasteiger charge is -1.89. The van der Waals surface area contributed by atoms with E-state index in [0.717, 1.165) is 0 Å². The van der Waals surface area contributed by atoms with Gasteiger partial charge in [-0.2, -0.15) is 8.42 Å². The third-order valence-electron chi connectivity index (χ3n) is 1.68. The number of fused-ring (bicyclic) bond motifs is 1. The highest BCUT2D eigenvalue weighted by Gasteiger charge is 2.35. The van der Waals surface area contributed by atoms with Crippen LogP contribution in [0.3, 0.4) is 0 Å². The molecule has 3 rings (SSSR count). The van der Waals surface area contributed by atoms with Crippen LogP contribution in [-0.4, -0.2) is 8.42 Å². The molecule has 56 valence electrons. The number of furan rings is 2. The highest BCUT2D eigenvalue weighted by atomic mass is 32.2. The Labute approximate surface area is 61.8 Å². The summed E-state index contributed by atoms with van der Waals surface area (Å²) in [4.78, 5) is 0.157. The van der Waals surface area contributed by atoms with E-state index < -0.39 is 10.1 Å².